The van der Waals surface area contributed by atoms with Crippen LogP contribution in [0.2, 0.25) is 0 Å². The molecule has 1 aromatic rings. The minimum atomic E-state index is -0.580. The standard InChI is InChI=1S/C17H23FN2O4S/c1-3-12(4-2)19-15(21)9-24-17(23)11-25-10-16(22)20-14-8-6-5-7-13(14)18/h5-8,12H,3-4,9-11H2,1-2H3,(H,19,21)(H,20,22). The number of hydrogen-bond acceptors (Lipinski definition) is 5. The van der Waals surface area contributed by atoms with Gasteiger partial charge >= 0.3 is 5.97 Å². The number of ether oxygens (including phenoxy) is 1. The second-order valence-corrected chi connectivity index (χ2v) is 6.25. The lowest BCUT2D eigenvalue weighted by atomic mass is 10.2. The molecule has 2 N–H and O–H groups in total. The van der Waals surface area contributed by atoms with Crippen molar-refractivity contribution in [2.24, 2.45) is 0 Å². The number of nitrogens with one attached hydrogen (secondary N) is 2. The SMILES string of the molecule is CCC(CC)NC(=O)COC(=O)CSCC(=O)Nc1ccccc1F. The Bertz CT molecular complexity index is 594. The molecule has 0 aromatic heterocycles. The first kappa shape index (κ1) is 21.0. The van der Waals surface area contributed by atoms with Crippen LogP contribution in [0.3, 0.4) is 0 Å². The highest BCUT2D eigenvalue weighted by molar-refractivity contribution is 8.00. The van der Waals surface area contributed by atoms with E-state index in [1.807, 2.05) is 13.8 Å². The molecule has 0 saturated heterocycles. The zero-order valence-corrected chi connectivity index (χ0v) is 15.2. The van der Waals surface area contributed by atoms with Crippen molar-refractivity contribution in [3.63, 3.8) is 0 Å². The molecule has 0 atom stereocenters. The predicted molar refractivity (Wildman–Crippen MR) is 95.8 cm³/mol. The van der Waals surface area contributed by atoms with Gasteiger partial charge in [0.2, 0.25) is 5.91 Å². The van der Waals surface area contributed by atoms with Crippen LogP contribution in [0.5, 0.6) is 0 Å². The minimum Gasteiger partial charge on any atom is -0.455 e. The number of carbonyl (C=O) groups excluding carboxylic acids is 3. The first-order valence-electron chi connectivity index (χ1n) is 8.03. The molecule has 0 bridgehead atoms. The van der Waals surface area contributed by atoms with E-state index in [0.717, 1.165) is 24.6 Å². The first-order chi connectivity index (χ1) is 12.0. The molecule has 0 fully saturated rings. The number of esters is 1. The van der Waals surface area contributed by atoms with Gasteiger partial charge in [-0.2, -0.15) is 0 Å². The zero-order valence-electron chi connectivity index (χ0n) is 14.3. The van der Waals surface area contributed by atoms with Crippen LogP contribution in [0.15, 0.2) is 24.3 Å². The van der Waals surface area contributed by atoms with Gasteiger partial charge in [-0.3, -0.25) is 14.4 Å². The number of hydrogen-bond donors (Lipinski definition) is 2. The molecular weight excluding hydrogens is 347 g/mol. The van der Waals surface area contributed by atoms with Crippen LogP contribution < -0.4 is 10.6 Å². The first-order valence-corrected chi connectivity index (χ1v) is 9.18. The van der Waals surface area contributed by atoms with E-state index >= 15 is 0 Å². The molecule has 0 saturated carbocycles. The van der Waals surface area contributed by atoms with Crippen molar-refractivity contribution in [3.8, 4) is 0 Å². The summed E-state index contributed by atoms with van der Waals surface area (Å²) < 4.78 is 18.2. The Morgan fingerprint density at radius 2 is 1.80 bits per heavy atom. The third-order valence-corrected chi connectivity index (χ3v) is 4.22. The fraction of sp³-hybridized carbons (Fsp3) is 0.471. The Labute approximate surface area is 150 Å². The van der Waals surface area contributed by atoms with Crippen LogP contribution in [0, 0.1) is 5.82 Å². The number of amides is 2. The normalized spacial score (nSPS) is 10.4. The molecule has 0 heterocycles. The number of rotatable bonds is 10. The molecule has 6 nitrogen and oxygen atoms in total. The zero-order chi connectivity index (χ0) is 18.7. The van der Waals surface area contributed by atoms with Gasteiger partial charge in [0, 0.05) is 6.04 Å². The molecule has 0 spiro atoms. The third-order valence-electron chi connectivity index (χ3n) is 3.32. The lowest BCUT2D eigenvalue weighted by molar-refractivity contribution is -0.146. The number of thioether (sulfide) groups is 1. The van der Waals surface area contributed by atoms with Crippen molar-refractivity contribution >= 4 is 35.2 Å². The van der Waals surface area contributed by atoms with Crippen molar-refractivity contribution in [2.75, 3.05) is 23.4 Å². The van der Waals surface area contributed by atoms with Gasteiger partial charge < -0.3 is 15.4 Å². The summed E-state index contributed by atoms with van der Waals surface area (Å²) >= 11 is 1.03. The van der Waals surface area contributed by atoms with E-state index in [1.165, 1.54) is 18.2 Å². The van der Waals surface area contributed by atoms with Gasteiger partial charge in [0.1, 0.15) is 5.82 Å². The summed E-state index contributed by atoms with van der Waals surface area (Å²) in [6.07, 6.45) is 1.62. The fourth-order valence-electron chi connectivity index (χ4n) is 1.93. The van der Waals surface area contributed by atoms with Crippen molar-refractivity contribution in [2.45, 2.75) is 32.7 Å². The van der Waals surface area contributed by atoms with Crippen LogP contribution in [0.4, 0.5) is 10.1 Å². The Morgan fingerprint density at radius 3 is 2.44 bits per heavy atom. The number of carbonyl (C=O) groups is 3. The van der Waals surface area contributed by atoms with Crippen LogP contribution in [-0.2, 0) is 19.1 Å². The van der Waals surface area contributed by atoms with E-state index in [9.17, 15) is 18.8 Å². The van der Waals surface area contributed by atoms with E-state index < -0.39 is 17.7 Å². The summed E-state index contributed by atoms with van der Waals surface area (Å²) in [4.78, 5) is 34.8. The maximum absolute atomic E-state index is 13.4. The van der Waals surface area contributed by atoms with Gasteiger partial charge in [-0.1, -0.05) is 26.0 Å². The summed E-state index contributed by atoms with van der Waals surface area (Å²) in [5.41, 5.74) is 0.0914. The van der Waals surface area contributed by atoms with E-state index in [1.54, 1.807) is 6.07 Å². The second kappa shape index (κ2) is 11.5. The average molecular weight is 370 g/mol. The lowest BCUT2D eigenvalue weighted by Gasteiger charge is -2.14. The molecule has 0 unspecified atom stereocenters. The Kier molecular flexibility index (Phi) is 9.61. The average Bonchev–Trinajstić information content (AvgIpc) is 2.60. The molecule has 8 heteroatoms. The highest BCUT2D eigenvalue weighted by Crippen LogP contribution is 2.13. The summed E-state index contributed by atoms with van der Waals surface area (Å²) in [6, 6.07) is 5.89. The van der Waals surface area contributed by atoms with Crippen LogP contribution >= 0.6 is 11.8 Å². The second-order valence-electron chi connectivity index (χ2n) is 5.26. The summed E-state index contributed by atoms with van der Waals surface area (Å²) in [6.45, 7) is 3.59. The smallest absolute Gasteiger partial charge is 0.316 e. The molecule has 0 aliphatic rings. The van der Waals surface area contributed by atoms with Gasteiger partial charge in [-0.05, 0) is 25.0 Å². The van der Waals surface area contributed by atoms with Gasteiger partial charge in [-0.15, -0.1) is 11.8 Å². The Balaban J connectivity index is 2.20. The van der Waals surface area contributed by atoms with Crippen molar-refractivity contribution in [3.05, 3.63) is 30.1 Å². The number of halogens is 1. The molecule has 0 radical (unpaired) electrons. The topological polar surface area (TPSA) is 84.5 Å². The molecule has 1 rings (SSSR count). The highest BCUT2D eigenvalue weighted by Gasteiger charge is 2.12. The van der Waals surface area contributed by atoms with E-state index in [0.29, 0.717) is 0 Å². The quantitative estimate of drug-likeness (QED) is 0.618. The van der Waals surface area contributed by atoms with Crippen LogP contribution in [0.1, 0.15) is 26.7 Å². The fourth-order valence-corrected chi connectivity index (χ4v) is 2.54. The summed E-state index contributed by atoms with van der Waals surface area (Å²) in [5.74, 6) is -1.96. The molecule has 1 aromatic carbocycles. The van der Waals surface area contributed by atoms with Crippen molar-refractivity contribution < 1.29 is 23.5 Å². The monoisotopic (exact) mass is 370 g/mol. The molecule has 0 aliphatic heterocycles. The minimum absolute atomic E-state index is 0.0244. The van der Waals surface area contributed by atoms with Crippen molar-refractivity contribution in [1.82, 2.24) is 5.32 Å². The Hall–Kier alpha value is -2.09. The summed E-state index contributed by atoms with van der Waals surface area (Å²) in [7, 11) is 0. The van der Waals surface area contributed by atoms with Crippen molar-refractivity contribution in [1.29, 1.82) is 0 Å². The lowest BCUT2D eigenvalue weighted by Crippen LogP contribution is -2.37. The predicted octanol–water partition coefficient (Wildman–Crippen LogP) is 2.35. The van der Waals surface area contributed by atoms with E-state index in [2.05, 4.69) is 10.6 Å². The van der Waals surface area contributed by atoms with Gasteiger partial charge in [0.15, 0.2) is 6.61 Å². The highest BCUT2D eigenvalue weighted by atomic mass is 32.2. The molecular formula is C17H23FN2O4S. The maximum Gasteiger partial charge on any atom is 0.316 e. The third kappa shape index (κ3) is 8.53. The molecule has 138 valence electrons. The molecule has 2 amide bonds. The number of benzene rings is 1. The van der Waals surface area contributed by atoms with Crippen LogP contribution in [0.25, 0.3) is 0 Å². The van der Waals surface area contributed by atoms with Gasteiger partial charge in [0.05, 0.1) is 17.2 Å². The van der Waals surface area contributed by atoms with E-state index in [4.69, 9.17) is 4.74 Å². The molecule has 0 aliphatic carbocycles. The maximum atomic E-state index is 13.4. The van der Waals surface area contributed by atoms with Crippen LogP contribution in [-0.4, -0.2) is 41.9 Å². The van der Waals surface area contributed by atoms with E-state index in [-0.39, 0.29) is 35.7 Å². The largest absolute Gasteiger partial charge is 0.455 e. The summed E-state index contributed by atoms with van der Waals surface area (Å²) in [5, 5.41) is 5.17. The Morgan fingerprint density at radius 1 is 1.12 bits per heavy atom. The number of para-hydroxylation sites is 1. The number of anilines is 1. The van der Waals surface area contributed by atoms with Gasteiger partial charge in [0.25, 0.3) is 5.91 Å². The molecule has 25 heavy (non-hydrogen) atoms. The van der Waals surface area contributed by atoms with Gasteiger partial charge in [-0.25, -0.2) is 4.39 Å².